The van der Waals surface area contributed by atoms with Gasteiger partial charge in [-0.15, -0.1) is 0 Å². The van der Waals surface area contributed by atoms with E-state index >= 15 is 0 Å². The summed E-state index contributed by atoms with van der Waals surface area (Å²) in [6.07, 6.45) is 3.85. The fourth-order valence-electron chi connectivity index (χ4n) is 4.67. The van der Waals surface area contributed by atoms with E-state index in [-0.39, 0.29) is 24.7 Å². The highest BCUT2D eigenvalue weighted by atomic mass is 35.5. The van der Waals surface area contributed by atoms with Gasteiger partial charge in [0.05, 0.1) is 16.4 Å². The number of fused-ring (bicyclic) bond motifs is 1. The molecule has 5 rings (SSSR count). The zero-order valence-corrected chi connectivity index (χ0v) is 24.4. The van der Waals surface area contributed by atoms with Gasteiger partial charge in [-0.2, -0.15) is 0 Å². The average molecular weight is 588 g/mol. The molecule has 3 aromatic heterocycles. The minimum Gasteiger partial charge on any atom is -0.487 e. The minimum absolute atomic E-state index is 0.110. The van der Waals surface area contributed by atoms with Gasteiger partial charge in [0.1, 0.15) is 17.9 Å². The number of anilines is 1. The second kappa shape index (κ2) is 12.1. The molecular formula is C32H28Cl2N4O3. The van der Waals surface area contributed by atoms with Crippen LogP contribution in [0, 0.1) is 6.92 Å². The summed E-state index contributed by atoms with van der Waals surface area (Å²) in [7, 11) is 3.50. The predicted octanol–water partition coefficient (Wildman–Crippen LogP) is 6.99. The van der Waals surface area contributed by atoms with E-state index in [1.54, 1.807) is 49.8 Å². The Labute approximate surface area is 248 Å². The van der Waals surface area contributed by atoms with Crippen molar-refractivity contribution in [3.63, 3.8) is 0 Å². The van der Waals surface area contributed by atoms with Crippen LogP contribution in [-0.2, 0) is 24.9 Å². The van der Waals surface area contributed by atoms with Crippen LogP contribution < -0.4 is 9.64 Å². The van der Waals surface area contributed by atoms with Crippen LogP contribution in [0.4, 0.5) is 5.69 Å². The molecule has 9 heteroatoms. The summed E-state index contributed by atoms with van der Waals surface area (Å²) in [6, 6.07) is 20.2. The summed E-state index contributed by atoms with van der Waals surface area (Å²) in [4.78, 5) is 36.2. The van der Waals surface area contributed by atoms with Crippen LogP contribution in [0.5, 0.6) is 5.75 Å². The van der Waals surface area contributed by atoms with Crippen LogP contribution >= 0.6 is 23.2 Å². The third-order valence-electron chi connectivity index (χ3n) is 7.07. The number of ether oxygens (including phenoxy) is 1. The first-order chi connectivity index (χ1) is 19.7. The molecule has 7 nitrogen and oxygen atoms in total. The lowest BCUT2D eigenvalue weighted by Crippen LogP contribution is -2.27. The molecule has 1 amide bonds. The first-order valence-electron chi connectivity index (χ1n) is 13.1. The number of aryl methyl sites for hydroxylation is 2. The number of rotatable bonds is 9. The Hall–Kier alpha value is -4.20. The lowest BCUT2D eigenvalue weighted by atomic mass is 10.1. The quantitative estimate of drug-likeness (QED) is 0.174. The number of halogens is 2. The molecule has 208 valence electrons. The highest BCUT2D eigenvalue weighted by Crippen LogP contribution is 2.35. The smallest absolute Gasteiger partial charge is 0.227 e. The molecular weight excluding hydrogens is 559 g/mol. The third kappa shape index (κ3) is 5.97. The first-order valence-corrected chi connectivity index (χ1v) is 13.8. The van der Waals surface area contributed by atoms with Gasteiger partial charge < -0.3 is 14.2 Å². The Balaban J connectivity index is 1.28. The first kappa shape index (κ1) is 28.3. The van der Waals surface area contributed by atoms with Crippen molar-refractivity contribution >= 4 is 51.5 Å². The van der Waals surface area contributed by atoms with Gasteiger partial charge in [0, 0.05) is 65.8 Å². The number of pyridine rings is 2. The van der Waals surface area contributed by atoms with E-state index in [0.29, 0.717) is 44.7 Å². The van der Waals surface area contributed by atoms with E-state index in [1.165, 1.54) is 4.90 Å². The second-order valence-corrected chi connectivity index (χ2v) is 10.5. The molecule has 0 saturated heterocycles. The molecule has 0 aliphatic rings. The maximum atomic E-state index is 13.2. The SMILES string of the molecule is Cc1ccc2cccc(OCc3c(Cl)ccc(N(C)C(=O)CCc4ccc(C(=O)c5cccnc5)n4C)c3Cl)c2n1. The van der Waals surface area contributed by atoms with Crippen molar-refractivity contribution < 1.29 is 14.3 Å². The van der Waals surface area contributed by atoms with Gasteiger partial charge in [0.25, 0.3) is 0 Å². The van der Waals surface area contributed by atoms with Gasteiger partial charge in [0.15, 0.2) is 0 Å². The monoisotopic (exact) mass is 586 g/mol. The summed E-state index contributed by atoms with van der Waals surface area (Å²) in [6.45, 7) is 2.04. The topological polar surface area (TPSA) is 77.3 Å². The number of aromatic nitrogens is 3. The number of para-hydroxylation sites is 1. The van der Waals surface area contributed by atoms with E-state index in [0.717, 1.165) is 22.3 Å². The van der Waals surface area contributed by atoms with Crippen molar-refractivity contribution in [1.82, 2.24) is 14.5 Å². The largest absolute Gasteiger partial charge is 0.487 e. The predicted molar refractivity (Wildman–Crippen MR) is 162 cm³/mol. The Kier molecular flexibility index (Phi) is 8.38. The van der Waals surface area contributed by atoms with E-state index in [4.69, 9.17) is 27.9 Å². The molecule has 0 aliphatic carbocycles. The minimum atomic E-state index is -0.129. The zero-order chi connectivity index (χ0) is 29.1. The molecule has 0 N–H and O–H groups in total. The summed E-state index contributed by atoms with van der Waals surface area (Å²) >= 11 is 13.3. The fraction of sp³-hybridized carbons (Fsp3) is 0.188. The number of amides is 1. The Bertz CT molecular complexity index is 1750. The molecule has 2 aromatic carbocycles. The van der Waals surface area contributed by atoms with E-state index in [2.05, 4.69) is 9.97 Å². The highest BCUT2D eigenvalue weighted by molar-refractivity contribution is 6.38. The number of nitrogens with zero attached hydrogens (tertiary/aromatic N) is 4. The summed E-state index contributed by atoms with van der Waals surface area (Å²) in [5, 5.41) is 1.76. The Morgan fingerprint density at radius 3 is 2.61 bits per heavy atom. The summed E-state index contributed by atoms with van der Waals surface area (Å²) < 4.78 is 7.94. The van der Waals surface area contributed by atoms with Gasteiger partial charge in [-0.1, -0.05) is 41.4 Å². The average Bonchev–Trinajstić information content (AvgIpc) is 3.35. The molecule has 0 fully saturated rings. The second-order valence-electron chi connectivity index (χ2n) is 9.72. The lowest BCUT2D eigenvalue weighted by Gasteiger charge is -2.21. The van der Waals surface area contributed by atoms with E-state index in [1.807, 2.05) is 54.9 Å². The van der Waals surface area contributed by atoms with Gasteiger partial charge in [-0.3, -0.25) is 14.6 Å². The lowest BCUT2D eigenvalue weighted by molar-refractivity contribution is -0.118. The third-order valence-corrected chi connectivity index (χ3v) is 7.85. The van der Waals surface area contributed by atoms with Crippen molar-refractivity contribution in [3.8, 4) is 5.75 Å². The van der Waals surface area contributed by atoms with Crippen molar-refractivity contribution in [2.75, 3.05) is 11.9 Å². The van der Waals surface area contributed by atoms with Gasteiger partial charge >= 0.3 is 0 Å². The molecule has 0 radical (unpaired) electrons. The van der Waals surface area contributed by atoms with Crippen LogP contribution in [0.2, 0.25) is 10.0 Å². The maximum Gasteiger partial charge on any atom is 0.227 e. The zero-order valence-electron chi connectivity index (χ0n) is 22.9. The number of hydrogen-bond donors (Lipinski definition) is 0. The van der Waals surface area contributed by atoms with Crippen LogP contribution in [0.15, 0.2) is 79.1 Å². The Morgan fingerprint density at radius 1 is 1.00 bits per heavy atom. The van der Waals surface area contributed by atoms with Crippen LogP contribution in [0.3, 0.4) is 0 Å². The summed E-state index contributed by atoms with van der Waals surface area (Å²) in [5.74, 6) is 0.376. The molecule has 5 aromatic rings. The van der Waals surface area contributed by atoms with E-state index in [9.17, 15) is 9.59 Å². The number of carbonyl (C=O) groups is 2. The molecule has 0 unspecified atom stereocenters. The van der Waals surface area contributed by atoms with Crippen molar-refractivity contribution in [1.29, 1.82) is 0 Å². The van der Waals surface area contributed by atoms with Gasteiger partial charge in [-0.25, -0.2) is 4.98 Å². The molecule has 3 heterocycles. The number of ketones is 1. The number of benzene rings is 2. The highest BCUT2D eigenvalue weighted by Gasteiger charge is 2.20. The number of carbonyl (C=O) groups excluding carboxylic acids is 2. The van der Waals surface area contributed by atoms with Gasteiger partial charge in [0.2, 0.25) is 11.7 Å². The molecule has 0 spiro atoms. The normalized spacial score (nSPS) is 11.0. The van der Waals surface area contributed by atoms with Crippen LogP contribution in [-0.4, -0.2) is 33.3 Å². The standard InChI is InChI=1S/C32H28Cl2N4O3/c1-20-9-10-21-6-4-8-28(31(21)36-20)41-19-24-25(33)13-15-26(30(24)34)38(3)29(39)16-12-23-11-14-27(37(23)2)32(40)22-7-5-17-35-18-22/h4-11,13-15,17-18H,12,16,19H2,1-3H3. The fourth-order valence-corrected chi connectivity index (χ4v) is 5.28. The maximum absolute atomic E-state index is 13.2. The van der Waals surface area contributed by atoms with E-state index < -0.39 is 0 Å². The molecule has 0 saturated carbocycles. The van der Waals surface area contributed by atoms with Crippen molar-refractivity contribution in [2.24, 2.45) is 7.05 Å². The summed E-state index contributed by atoms with van der Waals surface area (Å²) in [5.41, 5.74) is 4.68. The molecule has 0 bridgehead atoms. The number of hydrogen-bond acceptors (Lipinski definition) is 5. The van der Waals surface area contributed by atoms with Crippen molar-refractivity contribution in [3.05, 3.63) is 117 Å². The van der Waals surface area contributed by atoms with Crippen LogP contribution in [0.25, 0.3) is 10.9 Å². The van der Waals surface area contributed by atoms with Crippen LogP contribution in [0.1, 0.15) is 39.4 Å². The molecule has 0 aliphatic heterocycles. The Morgan fingerprint density at radius 2 is 1.83 bits per heavy atom. The van der Waals surface area contributed by atoms with Gasteiger partial charge in [-0.05, 0) is 61.9 Å². The molecule has 0 atom stereocenters. The van der Waals surface area contributed by atoms with Crippen molar-refractivity contribution in [2.45, 2.75) is 26.4 Å². The molecule has 41 heavy (non-hydrogen) atoms.